The van der Waals surface area contributed by atoms with Crippen LogP contribution in [0.5, 0.6) is 0 Å². The Morgan fingerprint density at radius 3 is 2.32 bits per heavy atom. The molecule has 0 heterocycles. The van der Waals surface area contributed by atoms with Gasteiger partial charge in [0.1, 0.15) is 0 Å². The van der Waals surface area contributed by atoms with Crippen LogP contribution < -0.4 is 0 Å². The highest BCUT2D eigenvalue weighted by Gasteiger charge is 2.30. The Hall–Kier alpha value is -2.03. The van der Waals surface area contributed by atoms with Gasteiger partial charge < -0.3 is 4.90 Å². The second-order valence-electron chi connectivity index (χ2n) is 4.20. The van der Waals surface area contributed by atoms with Crippen LogP contribution in [0.3, 0.4) is 0 Å². The van der Waals surface area contributed by atoms with Crippen molar-refractivity contribution >= 4 is 5.91 Å². The van der Waals surface area contributed by atoms with Gasteiger partial charge >= 0.3 is 6.18 Å². The Morgan fingerprint density at radius 1 is 1.37 bits per heavy atom. The van der Waals surface area contributed by atoms with Gasteiger partial charge in [0.15, 0.2) is 0 Å². The average Bonchev–Trinajstić information content (AvgIpc) is 2.36. The number of carbonyl (C=O) groups excluding carboxylic acids is 1. The first-order valence-corrected chi connectivity index (χ1v) is 5.58. The van der Waals surface area contributed by atoms with E-state index in [2.05, 4.69) is 0 Å². The van der Waals surface area contributed by atoms with E-state index in [1.54, 1.807) is 6.92 Å². The summed E-state index contributed by atoms with van der Waals surface area (Å²) in [6, 6.07) is 5.67. The Bertz CT molecular complexity index is 488. The largest absolute Gasteiger partial charge is 0.416 e. The normalized spacial score (nSPS) is 12.6. The van der Waals surface area contributed by atoms with Crippen LogP contribution in [0.25, 0.3) is 0 Å². The highest BCUT2D eigenvalue weighted by molar-refractivity contribution is 5.94. The Kier molecular flexibility index (Phi) is 4.54. The van der Waals surface area contributed by atoms with Gasteiger partial charge in [-0.05, 0) is 31.2 Å². The number of amides is 1. The molecule has 0 fully saturated rings. The van der Waals surface area contributed by atoms with Gasteiger partial charge in [-0.25, -0.2) is 0 Å². The number of hydrogen-bond donors (Lipinski definition) is 0. The maximum atomic E-state index is 12.4. The van der Waals surface area contributed by atoms with Gasteiger partial charge in [-0.2, -0.15) is 18.4 Å². The first kappa shape index (κ1) is 15.0. The second-order valence-corrected chi connectivity index (χ2v) is 4.20. The molecule has 0 bridgehead atoms. The van der Waals surface area contributed by atoms with Gasteiger partial charge in [0.2, 0.25) is 0 Å². The fraction of sp³-hybridized carbons (Fsp3) is 0.385. The molecule has 6 heteroatoms. The van der Waals surface area contributed by atoms with E-state index in [9.17, 15) is 18.0 Å². The lowest BCUT2D eigenvalue weighted by atomic mass is 10.1. The summed E-state index contributed by atoms with van der Waals surface area (Å²) in [5.41, 5.74) is -0.628. The molecule has 0 spiro atoms. The topological polar surface area (TPSA) is 44.1 Å². The van der Waals surface area contributed by atoms with E-state index < -0.39 is 17.6 Å². The predicted molar refractivity (Wildman–Crippen MR) is 63.2 cm³/mol. The highest BCUT2D eigenvalue weighted by atomic mass is 19.4. The van der Waals surface area contributed by atoms with Crippen molar-refractivity contribution in [2.45, 2.75) is 25.6 Å². The molecule has 19 heavy (non-hydrogen) atoms. The van der Waals surface area contributed by atoms with Gasteiger partial charge in [-0.15, -0.1) is 0 Å². The fourth-order valence-corrected chi connectivity index (χ4v) is 1.47. The van der Waals surface area contributed by atoms with E-state index in [0.29, 0.717) is 0 Å². The standard InChI is InChI=1S/C13H13F3N2O/c1-9(7-8-17)18(2)12(19)10-3-5-11(6-4-10)13(14,15)16/h3-6,9H,7H2,1-2H3. The van der Waals surface area contributed by atoms with E-state index in [4.69, 9.17) is 5.26 Å². The number of carbonyl (C=O) groups is 1. The molecule has 3 nitrogen and oxygen atoms in total. The zero-order chi connectivity index (χ0) is 14.6. The number of nitrogens with zero attached hydrogens (tertiary/aromatic N) is 2. The van der Waals surface area contributed by atoms with Crippen molar-refractivity contribution in [3.8, 4) is 6.07 Å². The molecule has 1 rings (SSSR count). The summed E-state index contributed by atoms with van der Waals surface area (Å²) in [4.78, 5) is 13.3. The third kappa shape index (κ3) is 3.71. The SMILES string of the molecule is CC(CC#N)N(C)C(=O)c1ccc(C(F)(F)F)cc1. The minimum atomic E-state index is -4.42. The van der Waals surface area contributed by atoms with E-state index >= 15 is 0 Å². The minimum Gasteiger partial charge on any atom is -0.338 e. The summed E-state index contributed by atoms with van der Waals surface area (Å²) in [7, 11) is 1.52. The number of rotatable bonds is 3. The third-order valence-electron chi connectivity index (χ3n) is 2.83. The van der Waals surface area contributed by atoms with Crippen molar-refractivity contribution < 1.29 is 18.0 Å². The molecule has 1 amide bonds. The number of benzene rings is 1. The van der Waals surface area contributed by atoms with Crippen LogP contribution in [-0.4, -0.2) is 23.9 Å². The zero-order valence-electron chi connectivity index (χ0n) is 10.5. The third-order valence-corrected chi connectivity index (χ3v) is 2.83. The summed E-state index contributed by atoms with van der Waals surface area (Å²) in [5.74, 6) is -0.406. The van der Waals surface area contributed by atoms with Crippen LogP contribution in [0.1, 0.15) is 29.3 Å². The lowest BCUT2D eigenvalue weighted by molar-refractivity contribution is -0.137. The highest BCUT2D eigenvalue weighted by Crippen LogP contribution is 2.29. The van der Waals surface area contributed by atoms with E-state index in [1.807, 2.05) is 6.07 Å². The molecular weight excluding hydrogens is 257 g/mol. The maximum Gasteiger partial charge on any atom is 0.416 e. The average molecular weight is 270 g/mol. The quantitative estimate of drug-likeness (QED) is 0.847. The van der Waals surface area contributed by atoms with Crippen LogP contribution in [0, 0.1) is 11.3 Å². The Balaban J connectivity index is 2.87. The molecule has 1 unspecified atom stereocenters. The van der Waals surface area contributed by atoms with E-state index in [-0.39, 0.29) is 18.0 Å². The molecule has 1 aromatic carbocycles. The minimum absolute atomic E-state index is 0.167. The van der Waals surface area contributed by atoms with Crippen LogP contribution in [0.2, 0.25) is 0 Å². The predicted octanol–water partition coefficient (Wildman–Crippen LogP) is 3.08. The van der Waals surface area contributed by atoms with E-state index in [0.717, 1.165) is 24.3 Å². The monoisotopic (exact) mass is 270 g/mol. The molecule has 0 aliphatic carbocycles. The van der Waals surface area contributed by atoms with Gasteiger partial charge in [0.25, 0.3) is 5.91 Å². The van der Waals surface area contributed by atoms with E-state index in [1.165, 1.54) is 11.9 Å². The summed E-state index contributed by atoms with van der Waals surface area (Å²) in [5, 5.41) is 8.55. The second kappa shape index (κ2) is 5.74. The van der Waals surface area contributed by atoms with Crippen molar-refractivity contribution in [2.75, 3.05) is 7.05 Å². The van der Waals surface area contributed by atoms with Crippen LogP contribution in [0.15, 0.2) is 24.3 Å². The van der Waals surface area contributed by atoms with Gasteiger partial charge in [0, 0.05) is 18.7 Å². The fourth-order valence-electron chi connectivity index (χ4n) is 1.47. The number of hydrogen-bond acceptors (Lipinski definition) is 2. The number of halogens is 3. The molecule has 0 aliphatic rings. The molecule has 0 aromatic heterocycles. The zero-order valence-corrected chi connectivity index (χ0v) is 10.5. The van der Waals surface area contributed by atoms with Gasteiger partial charge in [-0.1, -0.05) is 0 Å². The van der Waals surface area contributed by atoms with Crippen molar-refractivity contribution in [3.63, 3.8) is 0 Å². The molecule has 0 saturated carbocycles. The number of nitriles is 1. The van der Waals surface area contributed by atoms with Crippen LogP contribution in [-0.2, 0) is 6.18 Å². The van der Waals surface area contributed by atoms with Crippen molar-refractivity contribution in [1.82, 2.24) is 4.90 Å². The molecule has 102 valence electrons. The molecule has 0 N–H and O–H groups in total. The summed E-state index contributed by atoms with van der Waals surface area (Å²) >= 11 is 0. The van der Waals surface area contributed by atoms with Gasteiger partial charge in [-0.3, -0.25) is 4.79 Å². The van der Waals surface area contributed by atoms with Crippen molar-refractivity contribution in [2.24, 2.45) is 0 Å². The van der Waals surface area contributed by atoms with Crippen molar-refractivity contribution in [3.05, 3.63) is 35.4 Å². The lowest BCUT2D eigenvalue weighted by Gasteiger charge is -2.23. The smallest absolute Gasteiger partial charge is 0.338 e. The molecular formula is C13H13F3N2O. The van der Waals surface area contributed by atoms with Crippen LogP contribution >= 0.6 is 0 Å². The summed E-state index contributed by atoms with van der Waals surface area (Å²) in [6.45, 7) is 1.70. The molecule has 0 aliphatic heterocycles. The first-order valence-electron chi connectivity index (χ1n) is 5.58. The van der Waals surface area contributed by atoms with Crippen LogP contribution in [0.4, 0.5) is 13.2 Å². The Morgan fingerprint density at radius 2 is 1.89 bits per heavy atom. The number of alkyl halides is 3. The summed E-state index contributed by atoms with van der Waals surface area (Å²) < 4.78 is 37.1. The van der Waals surface area contributed by atoms with Crippen molar-refractivity contribution in [1.29, 1.82) is 5.26 Å². The first-order chi connectivity index (χ1) is 8.77. The molecule has 0 radical (unpaired) electrons. The summed E-state index contributed by atoms with van der Waals surface area (Å²) in [6.07, 6.45) is -4.25. The maximum absolute atomic E-state index is 12.4. The Labute approximate surface area is 109 Å². The molecule has 1 aromatic rings. The lowest BCUT2D eigenvalue weighted by Crippen LogP contribution is -2.34. The molecule has 0 saturated heterocycles. The molecule has 1 atom stereocenters. The van der Waals surface area contributed by atoms with Gasteiger partial charge in [0.05, 0.1) is 18.1 Å².